The highest BCUT2D eigenvalue weighted by Gasteiger charge is 2.18. The van der Waals surface area contributed by atoms with Gasteiger partial charge in [-0.05, 0) is 23.3 Å². The molecule has 2 aromatic carbocycles. The van der Waals surface area contributed by atoms with Gasteiger partial charge >= 0.3 is 0 Å². The SMILES string of the molecule is C1=c2c(ncc3c2=Nc2ccccc2-3)Cc2ccccc21. The number of hydrogen-bond acceptors (Lipinski definition) is 2. The number of pyridine rings is 1. The molecule has 2 heteroatoms. The molecule has 3 aromatic rings. The fraction of sp³-hybridized carbons (Fsp3) is 0.0526. The van der Waals surface area contributed by atoms with Crippen molar-refractivity contribution in [1.29, 1.82) is 0 Å². The Morgan fingerprint density at radius 1 is 0.857 bits per heavy atom. The topological polar surface area (TPSA) is 25.2 Å². The van der Waals surface area contributed by atoms with Crippen LogP contribution >= 0.6 is 0 Å². The van der Waals surface area contributed by atoms with Crippen molar-refractivity contribution in [2.45, 2.75) is 6.42 Å². The first-order chi connectivity index (χ1) is 10.4. The van der Waals surface area contributed by atoms with Crippen LogP contribution < -0.4 is 10.6 Å². The molecule has 0 fully saturated rings. The number of fused-ring (bicyclic) bond motifs is 6. The van der Waals surface area contributed by atoms with Crippen molar-refractivity contribution in [1.82, 2.24) is 4.98 Å². The maximum atomic E-state index is 4.83. The summed E-state index contributed by atoms with van der Waals surface area (Å²) in [5.74, 6) is 0. The predicted octanol–water partition coefficient (Wildman–Crippen LogP) is 2.75. The Labute approximate surface area is 122 Å². The molecule has 2 heterocycles. The zero-order chi connectivity index (χ0) is 13.8. The molecule has 0 N–H and O–H groups in total. The summed E-state index contributed by atoms with van der Waals surface area (Å²) >= 11 is 0. The van der Waals surface area contributed by atoms with Gasteiger partial charge in [-0.1, -0.05) is 42.5 Å². The van der Waals surface area contributed by atoms with Gasteiger partial charge in [0.1, 0.15) is 0 Å². The average Bonchev–Trinajstić information content (AvgIpc) is 2.92. The highest BCUT2D eigenvalue weighted by Crippen LogP contribution is 2.31. The Kier molecular flexibility index (Phi) is 2.03. The first kappa shape index (κ1) is 11.0. The summed E-state index contributed by atoms with van der Waals surface area (Å²) < 4.78 is 0. The highest BCUT2D eigenvalue weighted by molar-refractivity contribution is 5.79. The van der Waals surface area contributed by atoms with Gasteiger partial charge in [-0.25, -0.2) is 4.99 Å². The lowest BCUT2D eigenvalue weighted by Gasteiger charge is -2.12. The van der Waals surface area contributed by atoms with E-state index in [2.05, 4.69) is 48.5 Å². The molecular formula is C19H12N2. The van der Waals surface area contributed by atoms with Crippen molar-refractivity contribution < 1.29 is 0 Å². The number of aromatic nitrogens is 1. The first-order valence-electron chi connectivity index (χ1n) is 7.16. The average molecular weight is 268 g/mol. The van der Waals surface area contributed by atoms with Crippen molar-refractivity contribution in [2.24, 2.45) is 4.99 Å². The zero-order valence-electron chi connectivity index (χ0n) is 11.4. The van der Waals surface area contributed by atoms with Crippen LogP contribution in [0, 0.1) is 0 Å². The van der Waals surface area contributed by atoms with Gasteiger partial charge in [-0.3, -0.25) is 4.98 Å². The van der Waals surface area contributed by atoms with E-state index in [0.717, 1.165) is 28.7 Å². The van der Waals surface area contributed by atoms with Crippen LogP contribution in [0.3, 0.4) is 0 Å². The minimum Gasteiger partial charge on any atom is -0.260 e. The molecule has 2 aliphatic rings. The number of para-hydroxylation sites is 1. The molecule has 0 saturated heterocycles. The van der Waals surface area contributed by atoms with Crippen molar-refractivity contribution >= 4 is 11.8 Å². The van der Waals surface area contributed by atoms with Crippen molar-refractivity contribution in [3.63, 3.8) is 0 Å². The molecular weight excluding hydrogens is 256 g/mol. The molecule has 0 bridgehead atoms. The Hall–Kier alpha value is -2.74. The fourth-order valence-electron chi connectivity index (χ4n) is 3.26. The van der Waals surface area contributed by atoms with Crippen LogP contribution in [0.25, 0.3) is 17.2 Å². The Balaban J connectivity index is 1.89. The van der Waals surface area contributed by atoms with E-state index >= 15 is 0 Å². The predicted molar refractivity (Wildman–Crippen MR) is 82.9 cm³/mol. The third-order valence-electron chi connectivity index (χ3n) is 4.31. The van der Waals surface area contributed by atoms with Crippen LogP contribution in [-0.4, -0.2) is 4.98 Å². The summed E-state index contributed by atoms with van der Waals surface area (Å²) in [4.78, 5) is 9.53. The molecule has 0 amide bonds. The van der Waals surface area contributed by atoms with Gasteiger partial charge in [0.15, 0.2) is 0 Å². The number of nitrogens with zero attached hydrogens (tertiary/aromatic N) is 2. The minimum absolute atomic E-state index is 0.890. The maximum absolute atomic E-state index is 4.83. The van der Waals surface area contributed by atoms with E-state index in [1.807, 2.05) is 12.3 Å². The van der Waals surface area contributed by atoms with Crippen LogP contribution in [0.5, 0.6) is 0 Å². The summed E-state index contributed by atoms with van der Waals surface area (Å²) in [6, 6.07) is 16.8. The molecule has 1 aliphatic heterocycles. The summed E-state index contributed by atoms with van der Waals surface area (Å²) in [6.45, 7) is 0. The third-order valence-corrected chi connectivity index (χ3v) is 4.31. The second kappa shape index (κ2) is 3.89. The summed E-state index contributed by atoms with van der Waals surface area (Å²) in [5, 5.41) is 2.26. The van der Waals surface area contributed by atoms with Crippen LogP contribution in [0.1, 0.15) is 16.8 Å². The monoisotopic (exact) mass is 268 g/mol. The van der Waals surface area contributed by atoms with Crippen LogP contribution in [0.15, 0.2) is 59.7 Å². The van der Waals surface area contributed by atoms with Gasteiger partial charge in [0.2, 0.25) is 0 Å². The summed E-state index contributed by atoms with van der Waals surface area (Å²) in [6.07, 6.45) is 5.10. The number of hydrogen-bond donors (Lipinski definition) is 0. The lowest BCUT2D eigenvalue weighted by molar-refractivity contribution is 1.02. The van der Waals surface area contributed by atoms with Crippen LogP contribution in [0.2, 0.25) is 0 Å². The molecule has 98 valence electrons. The van der Waals surface area contributed by atoms with E-state index in [9.17, 15) is 0 Å². The smallest absolute Gasteiger partial charge is 0.0822 e. The van der Waals surface area contributed by atoms with E-state index in [1.165, 1.54) is 21.9 Å². The van der Waals surface area contributed by atoms with Crippen molar-refractivity contribution in [3.05, 3.63) is 82.1 Å². The second-order valence-corrected chi connectivity index (χ2v) is 5.53. The summed E-state index contributed by atoms with van der Waals surface area (Å²) in [7, 11) is 0. The molecule has 5 rings (SSSR count). The molecule has 1 aliphatic carbocycles. The molecule has 0 atom stereocenters. The molecule has 0 spiro atoms. The van der Waals surface area contributed by atoms with E-state index in [4.69, 9.17) is 9.98 Å². The molecule has 0 saturated carbocycles. The van der Waals surface area contributed by atoms with Crippen LogP contribution in [0.4, 0.5) is 5.69 Å². The van der Waals surface area contributed by atoms with E-state index in [-0.39, 0.29) is 0 Å². The quantitative estimate of drug-likeness (QED) is 0.424. The largest absolute Gasteiger partial charge is 0.260 e. The summed E-state index contributed by atoms with van der Waals surface area (Å²) in [5.41, 5.74) is 7.15. The maximum Gasteiger partial charge on any atom is 0.0822 e. The van der Waals surface area contributed by atoms with E-state index in [1.54, 1.807) is 0 Å². The van der Waals surface area contributed by atoms with E-state index in [0.29, 0.717) is 0 Å². The number of rotatable bonds is 0. The highest BCUT2D eigenvalue weighted by atomic mass is 14.8. The fourth-order valence-corrected chi connectivity index (χ4v) is 3.26. The Bertz CT molecular complexity index is 1020. The Morgan fingerprint density at radius 3 is 2.71 bits per heavy atom. The Morgan fingerprint density at radius 2 is 1.71 bits per heavy atom. The molecule has 1 aromatic heterocycles. The second-order valence-electron chi connectivity index (χ2n) is 5.53. The van der Waals surface area contributed by atoms with Gasteiger partial charge in [-0.15, -0.1) is 0 Å². The zero-order valence-corrected chi connectivity index (χ0v) is 11.4. The number of benzene rings is 2. The normalized spacial score (nSPS) is 13.3. The lowest BCUT2D eigenvalue weighted by Crippen LogP contribution is -2.33. The molecule has 2 nitrogen and oxygen atoms in total. The van der Waals surface area contributed by atoms with Gasteiger partial charge in [0.25, 0.3) is 0 Å². The van der Waals surface area contributed by atoms with E-state index < -0.39 is 0 Å². The van der Waals surface area contributed by atoms with Gasteiger partial charge < -0.3 is 0 Å². The van der Waals surface area contributed by atoms with Crippen molar-refractivity contribution in [2.75, 3.05) is 0 Å². The van der Waals surface area contributed by atoms with Crippen LogP contribution in [-0.2, 0) is 6.42 Å². The molecule has 0 unspecified atom stereocenters. The molecule has 0 radical (unpaired) electrons. The van der Waals surface area contributed by atoms with Gasteiger partial charge in [0.05, 0.1) is 16.7 Å². The first-order valence-corrected chi connectivity index (χ1v) is 7.16. The van der Waals surface area contributed by atoms with Gasteiger partial charge in [0, 0.05) is 29.0 Å². The lowest BCUT2D eigenvalue weighted by atomic mass is 9.94. The minimum atomic E-state index is 0.890. The van der Waals surface area contributed by atoms with Gasteiger partial charge in [-0.2, -0.15) is 0 Å². The third kappa shape index (κ3) is 1.47. The molecule has 21 heavy (non-hydrogen) atoms. The van der Waals surface area contributed by atoms with Crippen molar-refractivity contribution in [3.8, 4) is 11.1 Å². The standard InChI is InChI=1S/C19H12N2/c1-2-6-13-10-18-15(9-12(13)5-1)19-16(11-20-18)14-7-3-4-8-17(14)21-19/h1-9,11H,10H2.